The van der Waals surface area contributed by atoms with Crippen molar-refractivity contribution >= 4 is 0 Å². The standard InChI is InChI=1S/C10H16N2O.C2H6/c1-8(13)10-5-3-4-9(12-10)6-7-11-2;1-2/h3-5,8,11,13H,6-7H2,1-2H3;1-2H3. The summed E-state index contributed by atoms with van der Waals surface area (Å²) in [5.41, 5.74) is 1.77. The van der Waals surface area contributed by atoms with E-state index in [2.05, 4.69) is 10.3 Å². The molecule has 0 aliphatic carbocycles. The van der Waals surface area contributed by atoms with Crippen molar-refractivity contribution < 1.29 is 5.11 Å². The van der Waals surface area contributed by atoms with Gasteiger partial charge in [-0.25, -0.2) is 0 Å². The Labute approximate surface area is 92.6 Å². The number of nitrogens with one attached hydrogen (secondary N) is 1. The molecule has 1 heterocycles. The molecule has 0 spiro atoms. The summed E-state index contributed by atoms with van der Waals surface area (Å²) in [6.07, 6.45) is 0.423. The van der Waals surface area contributed by atoms with Crippen LogP contribution in [0, 0.1) is 0 Å². The van der Waals surface area contributed by atoms with Crippen molar-refractivity contribution in [2.45, 2.75) is 33.3 Å². The molecule has 0 aliphatic heterocycles. The average Bonchev–Trinajstić information content (AvgIpc) is 2.29. The molecule has 0 radical (unpaired) electrons. The van der Waals surface area contributed by atoms with Crippen molar-refractivity contribution in [3.63, 3.8) is 0 Å². The molecule has 3 nitrogen and oxygen atoms in total. The zero-order chi connectivity index (χ0) is 11.7. The number of rotatable bonds is 4. The van der Waals surface area contributed by atoms with E-state index in [0.29, 0.717) is 0 Å². The molecule has 2 N–H and O–H groups in total. The number of aliphatic hydroxyl groups excluding tert-OH is 1. The summed E-state index contributed by atoms with van der Waals surface area (Å²) < 4.78 is 0. The van der Waals surface area contributed by atoms with E-state index >= 15 is 0 Å². The first kappa shape index (κ1) is 14.1. The molecule has 1 aromatic heterocycles. The molecular formula is C12H22N2O. The van der Waals surface area contributed by atoms with Crippen LogP contribution in [0.2, 0.25) is 0 Å². The van der Waals surface area contributed by atoms with E-state index in [4.69, 9.17) is 0 Å². The molecule has 0 aliphatic rings. The van der Waals surface area contributed by atoms with Gasteiger partial charge in [0.15, 0.2) is 0 Å². The number of aromatic nitrogens is 1. The summed E-state index contributed by atoms with van der Waals surface area (Å²) in [6.45, 7) is 6.64. The second-order valence-corrected chi connectivity index (χ2v) is 3.08. The van der Waals surface area contributed by atoms with Crippen molar-refractivity contribution in [3.05, 3.63) is 29.6 Å². The highest BCUT2D eigenvalue weighted by molar-refractivity contribution is 5.13. The molecule has 3 heteroatoms. The van der Waals surface area contributed by atoms with Gasteiger partial charge in [0, 0.05) is 18.7 Å². The Bertz CT molecular complexity index is 262. The number of pyridine rings is 1. The highest BCUT2D eigenvalue weighted by atomic mass is 16.3. The molecular weight excluding hydrogens is 188 g/mol. The molecule has 15 heavy (non-hydrogen) atoms. The Balaban J connectivity index is 0.000000921. The van der Waals surface area contributed by atoms with E-state index in [0.717, 1.165) is 24.4 Å². The third-order valence-electron chi connectivity index (χ3n) is 1.89. The highest BCUT2D eigenvalue weighted by Crippen LogP contribution is 2.09. The largest absolute Gasteiger partial charge is 0.387 e. The molecule has 1 rings (SSSR count). The Morgan fingerprint density at radius 2 is 2.07 bits per heavy atom. The first-order valence-corrected chi connectivity index (χ1v) is 5.52. The Kier molecular flexibility index (Phi) is 7.86. The van der Waals surface area contributed by atoms with E-state index < -0.39 is 6.10 Å². The lowest BCUT2D eigenvalue weighted by Gasteiger charge is -2.05. The van der Waals surface area contributed by atoms with Crippen LogP contribution in [0.4, 0.5) is 0 Å². The van der Waals surface area contributed by atoms with Gasteiger partial charge in [-0.2, -0.15) is 0 Å². The Hall–Kier alpha value is -0.930. The molecule has 0 fully saturated rings. The molecule has 1 aromatic rings. The third-order valence-corrected chi connectivity index (χ3v) is 1.89. The van der Waals surface area contributed by atoms with Crippen LogP contribution in [0.15, 0.2) is 18.2 Å². The zero-order valence-corrected chi connectivity index (χ0v) is 10.1. The van der Waals surface area contributed by atoms with Crippen LogP contribution in [-0.4, -0.2) is 23.7 Å². The molecule has 0 amide bonds. The predicted octanol–water partition coefficient (Wildman–Crippen LogP) is 1.92. The van der Waals surface area contributed by atoms with Gasteiger partial charge < -0.3 is 10.4 Å². The molecule has 1 atom stereocenters. The summed E-state index contributed by atoms with van der Waals surface area (Å²) in [5.74, 6) is 0. The van der Waals surface area contributed by atoms with Gasteiger partial charge >= 0.3 is 0 Å². The molecule has 1 unspecified atom stereocenters. The van der Waals surface area contributed by atoms with E-state index in [-0.39, 0.29) is 0 Å². The van der Waals surface area contributed by atoms with Gasteiger partial charge in [0.25, 0.3) is 0 Å². The third kappa shape index (κ3) is 5.50. The van der Waals surface area contributed by atoms with Crippen molar-refractivity contribution in [2.24, 2.45) is 0 Å². The van der Waals surface area contributed by atoms with Gasteiger partial charge in [-0.3, -0.25) is 4.98 Å². The minimum absolute atomic E-state index is 0.477. The summed E-state index contributed by atoms with van der Waals surface area (Å²) in [7, 11) is 1.92. The quantitative estimate of drug-likeness (QED) is 0.798. The van der Waals surface area contributed by atoms with E-state index in [1.54, 1.807) is 6.92 Å². The zero-order valence-electron chi connectivity index (χ0n) is 10.1. The predicted molar refractivity (Wildman–Crippen MR) is 63.8 cm³/mol. The first-order chi connectivity index (χ1) is 7.24. The van der Waals surface area contributed by atoms with Gasteiger partial charge in [-0.05, 0) is 26.1 Å². The maximum absolute atomic E-state index is 9.30. The first-order valence-electron chi connectivity index (χ1n) is 5.52. The van der Waals surface area contributed by atoms with Gasteiger partial charge in [0.2, 0.25) is 0 Å². The van der Waals surface area contributed by atoms with Crippen LogP contribution >= 0.6 is 0 Å². The van der Waals surface area contributed by atoms with Crippen LogP contribution in [0.25, 0.3) is 0 Å². The topological polar surface area (TPSA) is 45.1 Å². The maximum Gasteiger partial charge on any atom is 0.0931 e. The summed E-state index contributed by atoms with van der Waals surface area (Å²) in [5, 5.41) is 12.4. The highest BCUT2D eigenvalue weighted by Gasteiger charge is 2.02. The Morgan fingerprint density at radius 1 is 1.40 bits per heavy atom. The minimum atomic E-state index is -0.477. The monoisotopic (exact) mass is 210 g/mol. The maximum atomic E-state index is 9.30. The second-order valence-electron chi connectivity index (χ2n) is 3.08. The summed E-state index contributed by atoms with van der Waals surface area (Å²) >= 11 is 0. The Morgan fingerprint density at radius 3 is 2.60 bits per heavy atom. The lowest BCUT2D eigenvalue weighted by Crippen LogP contribution is -2.11. The van der Waals surface area contributed by atoms with Crippen LogP contribution < -0.4 is 5.32 Å². The van der Waals surface area contributed by atoms with E-state index in [1.807, 2.05) is 39.1 Å². The smallest absolute Gasteiger partial charge is 0.0931 e. The van der Waals surface area contributed by atoms with Crippen LogP contribution in [0.1, 0.15) is 38.3 Å². The number of hydrogen-bond acceptors (Lipinski definition) is 3. The lowest BCUT2D eigenvalue weighted by molar-refractivity contribution is 0.194. The fraction of sp³-hybridized carbons (Fsp3) is 0.583. The number of likely N-dealkylation sites (N-methyl/N-ethyl adjacent to an activating group) is 1. The minimum Gasteiger partial charge on any atom is -0.387 e. The molecule has 0 bridgehead atoms. The number of hydrogen-bond donors (Lipinski definition) is 2. The second kappa shape index (κ2) is 8.38. The van der Waals surface area contributed by atoms with Crippen LogP contribution in [-0.2, 0) is 6.42 Å². The van der Waals surface area contributed by atoms with Crippen LogP contribution in [0.3, 0.4) is 0 Å². The SMILES string of the molecule is CC.CNCCc1cccc(C(C)O)n1. The molecule has 0 saturated carbocycles. The number of aliphatic hydroxyl groups is 1. The van der Waals surface area contributed by atoms with Crippen molar-refractivity contribution in [3.8, 4) is 0 Å². The summed E-state index contributed by atoms with van der Waals surface area (Å²) in [6, 6.07) is 5.75. The fourth-order valence-electron chi connectivity index (χ4n) is 1.12. The van der Waals surface area contributed by atoms with Gasteiger partial charge in [0.05, 0.1) is 11.8 Å². The molecule has 0 saturated heterocycles. The van der Waals surface area contributed by atoms with Gasteiger partial charge in [-0.15, -0.1) is 0 Å². The molecule has 86 valence electrons. The average molecular weight is 210 g/mol. The summed E-state index contributed by atoms with van der Waals surface area (Å²) in [4.78, 5) is 4.32. The lowest BCUT2D eigenvalue weighted by atomic mass is 10.2. The normalized spacial score (nSPS) is 11.5. The van der Waals surface area contributed by atoms with E-state index in [9.17, 15) is 5.11 Å². The van der Waals surface area contributed by atoms with Crippen molar-refractivity contribution in [2.75, 3.05) is 13.6 Å². The van der Waals surface area contributed by atoms with Crippen LogP contribution in [0.5, 0.6) is 0 Å². The van der Waals surface area contributed by atoms with Gasteiger partial charge in [-0.1, -0.05) is 19.9 Å². The van der Waals surface area contributed by atoms with Crippen molar-refractivity contribution in [1.82, 2.24) is 10.3 Å². The van der Waals surface area contributed by atoms with E-state index in [1.165, 1.54) is 0 Å². The van der Waals surface area contributed by atoms with Gasteiger partial charge in [0.1, 0.15) is 0 Å². The molecule has 0 aromatic carbocycles. The van der Waals surface area contributed by atoms with Crippen molar-refractivity contribution in [1.29, 1.82) is 0 Å². The number of nitrogens with zero attached hydrogens (tertiary/aromatic N) is 1. The fourth-order valence-corrected chi connectivity index (χ4v) is 1.12.